The number of thiophene rings is 1. The van der Waals surface area contributed by atoms with E-state index in [0.29, 0.717) is 19.6 Å². The number of hydrogen-bond acceptors (Lipinski definition) is 7. The Balaban J connectivity index is 1.52. The molecule has 1 aliphatic rings. The molecule has 4 aromatic rings. The van der Waals surface area contributed by atoms with Gasteiger partial charge >= 0.3 is 0 Å². The van der Waals surface area contributed by atoms with Crippen molar-refractivity contribution < 1.29 is 4.74 Å². The van der Waals surface area contributed by atoms with Gasteiger partial charge in [0, 0.05) is 30.1 Å². The van der Waals surface area contributed by atoms with Crippen molar-refractivity contribution in [3.63, 3.8) is 0 Å². The second kappa shape index (κ2) is 10.4. The van der Waals surface area contributed by atoms with E-state index < -0.39 is 0 Å². The smallest absolute Gasteiger partial charge is 0.252 e. The fourth-order valence-electron chi connectivity index (χ4n) is 5.04. The van der Waals surface area contributed by atoms with Crippen molar-refractivity contribution in [1.29, 1.82) is 0 Å². The van der Waals surface area contributed by atoms with Gasteiger partial charge < -0.3 is 9.72 Å². The summed E-state index contributed by atoms with van der Waals surface area (Å²) in [6.45, 7) is 9.03. The summed E-state index contributed by atoms with van der Waals surface area (Å²) in [5, 5.41) is 16.0. The van der Waals surface area contributed by atoms with Gasteiger partial charge in [-0.1, -0.05) is 38.1 Å². The Labute approximate surface area is 208 Å². The molecular weight excluding hydrogens is 460 g/mol. The lowest BCUT2D eigenvalue weighted by atomic mass is 10.00. The zero-order chi connectivity index (χ0) is 24.4. The van der Waals surface area contributed by atoms with E-state index in [2.05, 4.69) is 56.8 Å². The van der Waals surface area contributed by atoms with Crippen LogP contribution >= 0.6 is 11.3 Å². The van der Waals surface area contributed by atoms with Crippen LogP contribution in [0.1, 0.15) is 54.6 Å². The number of nitrogens with one attached hydrogen (secondary N) is 1. The third kappa shape index (κ3) is 5.22. The van der Waals surface area contributed by atoms with Crippen LogP contribution in [0.4, 0.5) is 0 Å². The average molecular weight is 493 g/mol. The third-order valence-electron chi connectivity index (χ3n) is 6.73. The second-order valence-electron chi connectivity index (χ2n) is 9.69. The number of fused-ring (bicyclic) bond motifs is 1. The number of tetrazole rings is 1. The summed E-state index contributed by atoms with van der Waals surface area (Å²) < 4.78 is 7.75. The molecule has 5 rings (SSSR count). The predicted molar refractivity (Wildman–Crippen MR) is 137 cm³/mol. The van der Waals surface area contributed by atoms with E-state index in [-0.39, 0.29) is 23.6 Å². The zero-order valence-electron chi connectivity index (χ0n) is 20.5. The van der Waals surface area contributed by atoms with Crippen molar-refractivity contribution >= 4 is 22.2 Å². The highest BCUT2D eigenvalue weighted by Gasteiger charge is 2.31. The molecule has 35 heavy (non-hydrogen) atoms. The molecule has 1 aliphatic heterocycles. The molecule has 0 amide bonds. The first-order valence-corrected chi connectivity index (χ1v) is 13.1. The van der Waals surface area contributed by atoms with Crippen LogP contribution in [0.5, 0.6) is 0 Å². The molecule has 0 aliphatic carbocycles. The van der Waals surface area contributed by atoms with Crippen molar-refractivity contribution in [2.45, 2.75) is 65.4 Å². The van der Waals surface area contributed by atoms with Gasteiger partial charge in [0.25, 0.3) is 5.56 Å². The van der Waals surface area contributed by atoms with Crippen LogP contribution in [0.25, 0.3) is 10.9 Å². The van der Waals surface area contributed by atoms with Crippen molar-refractivity contribution in [3.8, 4) is 0 Å². The standard InChI is InChI=1S/C26H32N6O2S/c1-17(2)24(25-28-29-30-32(25)15-21-9-5-11-34-21)31(16-22-10-6-12-35-22)14-20-13-19-8-4-7-18(3)23(19)27-26(20)33/h4,6-8,10,12-13,17,21,24H,5,9,11,14-16H2,1-3H3,(H,27,33). The summed E-state index contributed by atoms with van der Waals surface area (Å²) in [5.74, 6) is 1.05. The Morgan fingerprint density at radius 2 is 2.14 bits per heavy atom. The number of nitrogens with zero attached hydrogens (tertiary/aromatic N) is 5. The van der Waals surface area contributed by atoms with Crippen LogP contribution in [0.15, 0.2) is 46.6 Å². The van der Waals surface area contributed by atoms with Crippen molar-refractivity contribution in [2.75, 3.05) is 6.61 Å². The van der Waals surface area contributed by atoms with Crippen LogP contribution in [-0.2, 0) is 24.4 Å². The number of benzene rings is 1. The Hall–Kier alpha value is -2.88. The van der Waals surface area contributed by atoms with Crippen LogP contribution in [0, 0.1) is 12.8 Å². The molecule has 3 aromatic heterocycles. The molecule has 0 bridgehead atoms. The van der Waals surface area contributed by atoms with Gasteiger partial charge in [-0.3, -0.25) is 9.69 Å². The SMILES string of the molecule is Cc1cccc2cc(CN(Cc3cccs3)C(c3nnnn3CC3CCCO3)C(C)C)c(=O)[nH]c12. The zero-order valence-corrected chi connectivity index (χ0v) is 21.3. The molecule has 2 atom stereocenters. The van der Waals surface area contributed by atoms with Gasteiger partial charge in [0.05, 0.1) is 24.2 Å². The summed E-state index contributed by atoms with van der Waals surface area (Å²) in [7, 11) is 0. The molecule has 4 heterocycles. The molecule has 184 valence electrons. The number of ether oxygens (including phenoxy) is 1. The maximum atomic E-state index is 13.2. The van der Waals surface area contributed by atoms with Gasteiger partial charge in [-0.05, 0) is 64.6 Å². The summed E-state index contributed by atoms with van der Waals surface area (Å²) in [5.41, 5.74) is 2.65. The Morgan fingerprint density at radius 1 is 1.26 bits per heavy atom. The van der Waals surface area contributed by atoms with E-state index in [1.54, 1.807) is 11.3 Å². The second-order valence-corrected chi connectivity index (χ2v) is 10.7. The number of rotatable bonds is 9. The molecule has 1 N–H and O–H groups in total. The van der Waals surface area contributed by atoms with Gasteiger partial charge in [-0.15, -0.1) is 16.4 Å². The Bertz CT molecular complexity index is 1320. The summed E-state index contributed by atoms with van der Waals surface area (Å²) in [4.78, 5) is 19.8. The van der Waals surface area contributed by atoms with Crippen molar-refractivity contribution in [3.05, 3.63) is 74.0 Å². The number of para-hydroxylation sites is 1. The normalized spacial score (nSPS) is 17.1. The van der Waals surface area contributed by atoms with Crippen LogP contribution in [0.2, 0.25) is 0 Å². The van der Waals surface area contributed by atoms with Gasteiger partial charge in [0.1, 0.15) is 0 Å². The van der Waals surface area contributed by atoms with E-state index in [1.165, 1.54) is 4.88 Å². The highest BCUT2D eigenvalue weighted by atomic mass is 32.1. The minimum Gasteiger partial charge on any atom is -0.376 e. The number of aromatic nitrogens is 5. The topological polar surface area (TPSA) is 88.9 Å². The largest absolute Gasteiger partial charge is 0.376 e. The van der Waals surface area contributed by atoms with Crippen LogP contribution in [0.3, 0.4) is 0 Å². The number of aryl methyl sites for hydroxylation is 1. The number of pyridine rings is 1. The first-order valence-electron chi connectivity index (χ1n) is 12.2. The van der Waals surface area contributed by atoms with Crippen molar-refractivity contribution in [2.24, 2.45) is 5.92 Å². The summed E-state index contributed by atoms with van der Waals surface area (Å²) in [6, 6.07) is 12.3. The van der Waals surface area contributed by atoms with E-state index in [0.717, 1.165) is 47.3 Å². The molecule has 9 heteroatoms. The number of hydrogen-bond donors (Lipinski definition) is 1. The molecule has 0 radical (unpaired) electrons. The minimum atomic E-state index is -0.0684. The van der Waals surface area contributed by atoms with Crippen LogP contribution in [-0.4, -0.2) is 42.8 Å². The first-order chi connectivity index (χ1) is 17.0. The van der Waals surface area contributed by atoms with Gasteiger partial charge in [0.2, 0.25) is 0 Å². The van der Waals surface area contributed by atoms with E-state index >= 15 is 0 Å². The van der Waals surface area contributed by atoms with E-state index in [4.69, 9.17) is 4.74 Å². The maximum absolute atomic E-state index is 13.2. The van der Waals surface area contributed by atoms with Gasteiger partial charge in [-0.25, -0.2) is 4.68 Å². The lowest BCUT2D eigenvalue weighted by Gasteiger charge is -2.33. The lowest BCUT2D eigenvalue weighted by Crippen LogP contribution is -2.35. The third-order valence-corrected chi connectivity index (χ3v) is 7.59. The highest BCUT2D eigenvalue weighted by Crippen LogP contribution is 2.31. The fraction of sp³-hybridized carbons (Fsp3) is 0.462. The highest BCUT2D eigenvalue weighted by molar-refractivity contribution is 7.09. The monoisotopic (exact) mass is 492 g/mol. The lowest BCUT2D eigenvalue weighted by molar-refractivity contribution is 0.0853. The predicted octanol–water partition coefficient (Wildman–Crippen LogP) is 4.46. The Morgan fingerprint density at radius 3 is 2.89 bits per heavy atom. The summed E-state index contributed by atoms with van der Waals surface area (Å²) >= 11 is 1.72. The average Bonchev–Trinajstić information content (AvgIpc) is 3.60. The molecule has 0 saturated carbocycles. The molecule has 1 aromatic carbocycles. The molecule has 8 nitrogen and oxygen atoms in total. The molecule has 2 unspecified atom stereocenters. The van der Waals surface area contributed by atoms with Crippen LogP contribution < -0.4 is 5.56 Å². The van der Waals surface area contributed by atoms with Crippen molar-refractivity contribution in [1.82, 2.24) is 30.1 Å². The number of H-pyrrole nitrogens is 1. The fourth-order valence-corrected chi connectivity index (χ4v) is 5.77. The van der Waals surface area contributed by atoms with Gasteiger partial charge in [-0.2, -0.15) is 0 Å². The first kappa shape index (κ1) is 23.8. The minimum absolute atomic E-state index is 0.0515. The molecule has 0 spiro atoms. The number of aromatic amines is 1. The molecular formula is C26H32N6O2S. The Kier molecular flexibility index (Phi) is 7.08. The quantitative estimate of drug-likeness (QED) is 0.371. The van der Waals surface area contributed by atoms with E-state index in [1.807, 2.05) is 35.9 Å². The molecule has 1 saturated heterocycles. The van der Waals surface area contributed by atoms with E-state index in [9.17, 15) is 4.79 Å². The summed E-state index contributed by atoms with van der Waals surface area (Å²) in [6.07, 6.45) is 2.24. The molecule has 1 fully saturated rings. The maximum Gasteiger partial charge on any atom is 0.252 e. The van der Waals surface area contributed by atoms with Gasteiger partial charge in [0.15, 0.2) is 5.82 Å².